The summed E-state index contributed by atoms with van der Waals surface area (Å²) in [7, 11) is 1.94. The van der Waals surface area contributed by atoms with E-state index in [4.69, 9.17) is 5.41 Å². The Bertz CT molecular complexity index is 189. The van der Waals surface area contributed by atoms with Crippen molar-refractivity contribution in [2.75, 3.05) is 0 Å². The zero-order chi connectivity index (χ0) is 5.98. The third-order valence-electron chi connectivity index (χ3n) is 0.962. The van der Waals surface area contributed by atoms with Gasteiger partial charge in [0.15, 0.2) is 0 Å². The average Bonchev–Trinajstić information content (AvgIpc) is 2.14. The van der Waals surface area contributed by atoms with E-state index in [0.717, 1.165) is 0 Å². The topological polar surface area (TPSA) is 34.4 Å². The van der Waals surface area contributed by atoms with Crippen molar-refractivity contribution in [3.63, 3.8) is 0 Å². The molecule has 0 unspecified atom stereocenters. The Labute approximate surface area is 47.7 Å². The number of nitrogens with two attached hydrogens (primary N) is 1. The summed E-state index contributed by atoms with van der Waals surface area (Å²) in [5.74, 6) is 0. The normalized spacial score (nSPS) is 9.12. The summed E-state index contributed by atoms with van der Waals surface area (Å²) >= 11 is 0. The van der Waals surface area contributed by atoms with E-state index in [2.05, 4.69) is 0 Å². The number of hydrogen-bond acceptors (Lipinski definition) is 0. The third kappa shape index (κ3) is 0.753. The van der Waals surface area contributed by atoms with E-state index < -0.39 is 0 Å². The fourth-order valence-corrected chi connectivity index (χ4v) is 0.558. The van der Waals surface area contributed by atoms with Crippen LogP contribution in [0.4, 0.5) is 0 Å². The summed E-state index contributed by atoms with van der Waals surface area (Å²) in [6, 6.07) is 0. The minimum Gasteiger partial charge on any atom is -0.293 e. The number of imidazole rings is 1. The van der Waals surface area contributed by atoms with Crippen molar-refractivity contribution in [3.8, 4) is 0 Å². The van der Waals surface area contributed by atoms with Gasteiger partial charge in [-0.1, -0.05) is 0 Å². The van der Waals surface area contributed by atoms with Crippen molar-refractivity contribution < 1.29 is 9.98 Å². The predicted molar refractivity (Wildman–Crippen MR) is 29.0 cm³/mol. The van der Waals surface area contributed by atoms with E-state index in [0.29, 0.717) is 0 Å². The molecule has 0 spiro atoms. The summed E-state index contributed by atoms with van der Waals surface area (Å²) in [6.07, 6.45) is 7.17. The Kier molecular flexibility index (Phi) is 1.12. The quantitative estimate of drug-likeness (QED) is 0.246. The van der Waals surface area contributed by atoms with Gasteiger partial charge >= 0.3 is 0 Å². The Morgan fingerprint density at radius 3 is 2.75 bits per heavy atom. The predicted octanol–water partition coefficient (Wildman–Crippen LogP) is -2.05. The van der Waals surface area contributed by atoms with Crippen molar-refractivity contribution in [2.45, 2.75) is 0 Å². The molecule has 0 saturated heterocycles. The Morgan fingerprint density at radius 2 is 2.50 bits per heavy atom. The first-order valence-electron chi connectivity index (χ1n) is 2.40. The van der Waals surface area contributed by atoms with E-state index in [9.17, 15) is 0 Å². The third-order valence-corrected chi connectivity index (χ3v) is 0.962. The molecule has 0 radical (unpaired) electrons. The molecule has 2 N–H and O–H groups in total. The average molecular weight is 111 g/mol. The van der Waals surface area contributed by atoms with Crippen LogP contribution in [0.3, 0.4) is 0 Å². The SMILES string of the molecule is C[n+]1ccn(C=[NH2+])c1. The molecule has 8 heavy (non-hydrogen) atoms. The minimum absolute atomic E-state index is 1.50. The number of aryl methyl sites for hydroxylation is 1. The van der Waals surface area contributed by atoms with Crippen molar-refractivity contribution >= 4 is 6.34 Å². The van der Waals surface area contributed by atoms with Gasteiger partial charge in [-0.3, -0.25) is 5.41 Å². The molecule has 3 heteroatoms. The highest BCUT2D eigenvalue weighted by Crippen LogP contribution is 1.70. The maximum atomic E-state index is 5.19. The number of nitrogens with zero attached hydrogens (tertiary/aromatic N) is 2. The fraction of sp³-hybridized carbons (Fsp3) is 0.200. The van der Waals surface area contributed by atoms with Gasteiger partial charge in [0.2, 0.25) is 6.34 Å². The number of rotatable bonds is 1. The number of aromatic nitrogens is 2. The van der Waals surface area contributed by atoms with Crippen LogP contribution < -0.4 is 9.98 Å². The first-order chi connectivity index (χ1) is 3.83. The van der Waals surface area contributed by atoms with Crippen LogP contribution in [0.2, 0.25) is 0 Å². The van der Waals surface area contributed by atoms with E-state index in [1.165, 1.54) is 6.34 Å². The summed E-state index contributed by atoms with van der Waals surface area (Å²) < 4.78 is 3.70. The fourth-order valence-electron chi connectivity index (χ4n) is 0.558. The molecule has 0 aliphatic carbocycles. The zero-order valence-corrected chi connectivity index (χ0v) is 4.78. The standard InChI is InChI=1S/C5H8N3/c1-7-2-3-8(4-6)5-7/h2-6H,1H3/q+1/p+1. The van der Waals surface area contributed by atoms with Gasteiger partial charge in [-0.15, -0.1) is 0 Å². The number of hydrogen-bond donors (Lipinski definition) is 1. The van der Waals surface area contributed by atoms with Crippen molar-refractivity contribution in [2.24, 2.45) is 7.05 Å². The molecular formula is C5H9N3+2. The summed E-state index contributed by atoms with van der Waals surface area (Å²) in [5, 5.41) is 5.19. The van der Waals surface area contributed by atoms with Gasteiger partial charge in [0.1, 0.15) is 12.4 Å². The lowest BCUT2D eigenvalue weighted by Gasteiger charge is -1.72. The van der Waals surface area contributed by atoms with Gasteiger partial charge in [0, 0.05) is 0 Å². The van der Waals surface area contributed by atoms with Crippen LogP contribution in [0, 0.1) is 0 Å². The van der Waals surface area contributed by atoms with Crippen LogP contribution in [-0.2, 0) is 7.05 Å². The van der Waals surface area contributed by atoms with Gasteiger partial charge in [0.25, 0.3) is 6.33 Å². The van der Waals surface area contributed by atoms with Gasteiger partial charge in [-0.25, -0.2) is 4.57 Å². The van der Waals surface area contributed by atoms with Crippen molar-refractivity contribution in [3.05, 3.63) is 18.7 Å². The lowest BCUT2D eigenvalue weighted by Crippen LogP contribution is -2.34. The highest BCUT2D eigenvalue weighted by molar-refractivity contribution is 5.49. The molecule has 1 heterocycles. The van der Waals surface area contributed by atoms with Gasteiger partial charge in [0.05, 0.1) is 7.05 Å². The molecule has 0 aromatic carbocycles. The Morgan fingerprint density at radius 1 is 1.75 bits per heavy atom. The molecule has 1 rings (SSSR count). The van der Waals surface area contributed by atoms with Crippen LogP contribution in [0.1, 0.15) is 0 Å². The Balaban J connectivity index is 3.00. The summed E-state index contributed by atoms with van der Waals surface area (Å²) in [4.78, 5) is 0. The zero-order valence-electron chi connectivity index (χ0n) is 4.78. The molecule has 42 valence electrons. The van der Waals surface area contributed by atoms with Crippen molar-refractivity contribution in [1.82, 2.24) is 4.57 Å². The van der Waals surface area contributed by atoms with Gasteiger partial charge in [-0.05, 0) is 0 Å². The van der Waals surface area contributed by atoms with E-state index in [1.807, 2.05) is 30.3 Å². The maximum absolute atomic E-state index is 5.19. The van der Waals surface area contributed by atoms with Crippen LogP contribution >= 0.6 is 0 Å². The molecule has 3 nitrogen and oxygen atoms in total. The lowest BCUT2D eigenvalue weighted by atomic mass is 10.9. The second-order valence-corrected chi connectivity index (χ2v) is 1.68. The second kappa shape index (κ2) is 1.78. The smallest absolute Gasteiger partial charge is 0.251 e. The highest BCUT2D eigenvalue weighted by atomic mass is 15.1. The summed E-state index contributed by atoms with van der Waals surface area (Å²) in [6.45, 7) is 0. The maximum Gasteiger partial charge on any atom is 0.251 e. The second-order valence-electron chi connectivity index (χ2n) is 1.68. The van der Waals surface area contributed by atoms with Crippen LogP contribution in [0.5, 0.6) is 0 Å². The molecule has 0 aliphatic rings. The van der Waals surface area contributed by atoms with Crippen LogP contribution in [0.15, 0.2) is 18.7 Å². The van der Waals surface area contributed by atoms with Crippen LogP contribution in [0.25, 0.3) is 0 Å². The summed E-state index contributed by atoms with van der Waals surface area (Å²) in [5.41, 5.74) is 0. The monoisotopic (exact) mass is 111 g/mol. The molecule has 0 aliphatic heterocycles. The van der Waals surface area contributed by atoms with E-state index in [1.54, 1.807) is 4.57 Å². The van der Waals surface area contributed by atoms with E-state index in [-0.39, 0.29) is 0 Å². The molecular weight excluding hydrogens is 102 g/mol. The minimum atomic E-state index is 1.50. The molecule has 1 aromatic rings. The first kappa shape index (κ1) is 5.03. The molecule has 0 fully saturated rings. The molecule has 0 bridgehead atoms. The molecule has 0 saturated carbocycles. The molecule has 0 atom stereocenters. The Hall–Kier alpha value is -1.12. The van der Waals surface area contributed by atoms with E-state index >= 15 is 0 Å². The van der Waals surface area contributed by atoms with Crippen molar-refractivity contribution in [1.29, 1.82) is 0 Å². The molecule has 0 amide bonds. The lowest BCUT2D eigenvalue weighted by molar-refractivity contribution is -0.670. The highest BCUT2D eigenvalue weighted by Gasteiger charge is 1.92. The largest absolute Gasteiger partial charge is 0.293 e. The van der Waals surface area contributed by atoms with Crippen LogP contribution in [-0.4, -0.2) is 10.9 Å². The van der Waals surface area contributed by atoms with Gasteiger partial charge < -0.3 is 0 Å². The van der Waals surface area contributed by atoms with Gasteiger partial charge in [-0.2, -0.15) is 4.57 Å². The first-order valence-corrected chi connectivity index (χ1v) is 2.40. The molecule has 1 aromatic heterocycles.